The van der Waals surface area contributed by atoms with Crippen LogP contribution in [-0.4, -0.2) is 33.2 Å². The molecule has 1 aromatic carbocycles. The molecule has 2 aliphatic heterocycles. The molecule has 0 atom stereocenters. The third kappa shape index (κ3) is 3.13. The van der Waals surface area contributed by atoms with Crippen molar-refractivity contribution in [3.63, 3.8) is 0 Å². The van der Waals surface area contributed by atoms with E-state index < -0.39 is 0 Å². The Morgan fingerprint density at radius 2 is 1.93 bits per heavy atom. The summed E-state index contributed by atoms with van der Waals surface area (Å²) in [6.45, 7) is 5.25. The van der Waals surface area contributed by atoms with Crippen LogP contribution in [0.5, 0.6) is 0 Å². The van der Waals surface area contributed by atoms with E-state index in [1.807, 2.05) is 43.5 Å². The van der Waals surface area contributed by atoms with Gasteiger partial charge in [0, 0.05) is 27.9 Å². The summed E-state index contributed by atoms with van der Waals surface area (Å²) >= 11 is 7.76. The molecule has 3 aromatic rings. The third-order valence-corrected chi connectivity index (χ3v) is 6.37. The van der Waals surface area contributed by atoms with Crippen molar-refractivity contribution in [2.45, 2.75) is 20.4 Å². The summed E-state index contributed by atoms with van der Waals surface area (Å²) in [5, 5.41) is 10.4. The van der Waals surface area contributed by atoms with Crippen LogP contribution < -0.4 is 0 Å². The fraction of sp³-hybridized carbons (Fsp3) is 0.182. The summed E-state index contributed by atoms with van der Waals surface area (Å²) in [6, 6.07) is 7.80. The molecule has 5 nitrogen and oxygen atoms in total. The number of hydrogen-bond donors (Lipinski definition) is 0. The van der Waals surface area contributed by atoms with Crippen molar-refractivity contribution >= 4 is 34.9 Å². The van der Waals surface area contributed by atoms with E-state index in [0.717, 1.165) is 49.5 Å². The van der Waals surface area contributed by atoms with Crippen molar-refractivity contribution in [2.75, 3.05) is 6.54 Å². The van der Waals surface area contributed by atoms with E-state index in [1.165, 1.54) is 0 Å². The van der Waals surface area contributed by atoms with Gasteiger partial charge in [0.25, 0.3) is 0 Å². The predicted octanol–water partition coefficient (Wildman–Crippen LogP) is 4.31. The number of fused-ring (bicyclic) bond motifs is 3. The first-order chi connectivity index (χ1) is 14.1. The lowest BCUT2D eigenvalue weighted by Gasteiger charge is -2.09. The molecule has 142 valence electrons. The van der Waals surface area contributed by atoms with E-state index in [9.17, 15) is 0 Å². The summed E-state index contributed by atoms with van der Waals surface area (Å²) in [5.74, 6) is 8.25. The van der Waals surface area contributed by atoms with Crippen LogP contribution in [0.4, 0.5) is 0 Å². The van der Waals surface area contributed by atoms with Gasteiger partial charge in [-0.3, -0.25) is 14.6 Å². The lowest BCUT2D eigenvalue weighted by Crippen LogP contribution is -2.07. The fourth-order valence-corrected chi connectivity index (χ4v) is 4.82. The Bertz CT molecular complexity index is 1280. The summed E-state index contributed by atoms with van der Waals surface area (Å²) in [4.78, 5) is 10.1. The van der Waals surface area contributed by atoms with Crippen molar-refractivity contribution in [1.82, 2.24) is 14.8 Å². The van der Waals surface area contributed by atoms with Gasteiger partial charge in [-0.1, -0.05) is 35.6 Å². The van der Waals surface area contributed by atoms with Gasteiger partial charge in [-0.05, 0) is 37.6 Å². The van der Waals surface area contributed by atoms with Crippen LogP contribution in [0.1, 0.15) is 33.2 Å². The summed E-state index contributed by atoms with van der Waals surface area (Å²) in [5.41, 5.74) is 5.11. The third-order valence-electron chi connectivity index (χ3n) is 4.92. The highest BCUT2D eigenvalue weighted by Crippen LogP contribution is 2.36. The van der Waals surface area contributed by atoms with Crippen LogP contribution in [0.2, 0.25) is 5.02 Å². The second kappa shape index (κ2) is 7.11. The number of allylic oxidation sites excluding steroid dienone is 1. The van der Waals surface area contributed by atoms with E-state index in [2.05, 4.69) is 38.5 Å². The maximum absolute atomic E-state index is 6.10. The molecule has 0 spiro atoms. The van der Waals surface area contributed by atoms with Crippen molar-refractivity contribution < 1.29 is 0 Å². The normalized spacial score (nSPS) is 14.4. The number of aromatic nitrogens is 3. The number of aliphatic imine (C=N–C) groups is 2. The number of aryl methyl sites for hydroxylation is 1. The second-order valence-electron chi connectivity index (χ2n) is 6.81. The Balaban J connectivity index is 1.72. The number of hydrogen-bond acceptors (Lipinski definition) is 5. The minimum atomic E-state index is 0.476. The van der Waals surface area contributed by atoms with Crippen molar-refractivity contribution in [1.29, 1.82) is 0 Å². The van der Waals surface area contributed by atoms with Crippen molar-refractivity contribution in [3.8, 4) is 16.8 Å². The quantitative estimate of drug-likeness (QED) is 0.554. The van der Waals surface area contributed by atoms with E-state index in [0.29, 0.717) is 18.1 Å². The smallest absolute Gasteiger partial charge is 0.160 e. The molecule has 2 aromatic heterocycles. The van der Waals surface area contributed by atoms with Gasteiger partial charge in [-0.25, -0.2) is 0 Å². The number of thiophene rings is 1. The van der Waals surface area contributed by atoms with Gasteiger partial charge in [0.1, 0.15) is 17.4 Å². The highest BCUT2D eigenvalue weighted by atomic mass is 35.5. The molecule has 0 amide bonds. The van der Waals surface area contributed by atoms with E-state index in [-0.39, 0.29) is 0 Å². The maximum Gasteiger partial charge on any atom is 0.160 e. The lowest BCUT2D eigenvalue weighted by molar-refractivity contribution is 0.869. The minimum absolute atomic E-state index is 0.476. The van der Waals surface area contributed by atoms with Crippen molar-refractivity contribution in [2.24, 2.45) is 9.98 Å². The van der Waals surface area contributed by atoms with E-state index >= 15 is 0 Å². The Morgan fingerprint density at radius 3 is 2.69 bits per heavy atom. The van der Waals surface area contributed by atoms with Gasteiger partial charge < -0.3 is 0 Å². The molecule has 2 aliphatic rings. The highest BCUT2D eigenvalue weighted by Gasteiger charge is 2.27. The van der Waals surface area contributed by atoms with Gasteiger partial charge in [0.05, 0.1) is 17.1 Å². The molecule has 0 N–H and O–H groups in total. The zero-order valence-corrected chi connectivity index (χ0v) is 17.5. The molecule has 0 aliphatic carbocycles. The van der Waals surface area contributed by atoms with Crippen LogP contribution in [0.25, 0.3) is 5.00 Å². The molecule has 4 heterocycles. The van der Waals surface area contributed by atoms with E-state index in [4.69, 9.17) is 16.6 Å². The molecule has 5 rings (SSSR count). The van der Waals surface area contributed by atoms with Gasteiger partial charge >= 0.3 is 0 Å². The average molecular weight is 418 g/mol. The van der Waals surface area contributed by atoms with Crippen molar-refractivity contribution in [3.05, 3.63) is 74.2 Å². The van der Waals surface area contributed by atoms with Crippen LogP contribution >= 0.6 is 22.9 Å². The molecule has 0 radical (unpaired) electrons. The van der Waals surface area contributed by atoms with Crippen LogP contribution in [-0.2, 0) is 6.54 Å². The minimum Gasteiger partial charge on any atom is -0.288 e. The average Bonchev–Trinajstić information content (AvgIpc) is 3.40. The SMILES string of the molecule is Cc1c(C#CC2=CCN=C2)sc2c1C(c1ccc(Cl)cc1)=NCc1nnc(C)n1-2. The first-order valence-electron chi connectivity index (χ1n) is 9.19. The predicted molar refractivity (Wildman–Crippen MR) is 118 cm³/mol. The topological polar surface area (TPSA) is 55.4 Å². The first kappa shape index (κ1) is 18.0. The fourth-order valence-electron chi connectivity index (χ4n) is 3.47. The zero-order valence-electron chi connectivity index (χ0n) is 15.9. The Labute approximate surface area is 177 Å². The maximum atomic E-state index is 6.10. The van der Waals surface area contributed by atoms with Gasteiger partial charge in [0.2, 0.25) is 0 Å². The van der Waals surface area contributed by atoms with Gasteiger partial charge in [0.15, 0.2) is 5.82 Å². The standard InChI is InChI=1S/C22H16ClN5S/c1-13-18(8-3-15-9-10-24-11-15)29-22-20(13)21(16-4-6-17(23)7-5-16)25-12-19-27-26-14(2)28(19)22/h4-7,9,11H,10,12H2,1-2H3. The summed E-state index contributed by atoms with van der Waals surface area (Å²) < 4.78 is 2.10. The summed E-state index contributed by atoms with van der Waals surface area (Å²) in [7, 11) is 0. The van der Waals surface area contributed by atoms with Gasteiger partial charge in [-0.15, -0.1) is 21.5 Å². The largest absolute Gasteiger partial charge is 0.288 e. The Hall–Kier alpha value is -3.01. The van der Waals surface area contributed by atoms with Crippen LogP contribution in [0, 0.1) is 25.7 Å². The van der Waals surface area contributed by atoms with E-state index in [1.54, 1.807) is 11.3 Å². The molecule has 0 fully saturated rings. The van der Waals surface area contributed by atoms with Crippen LogP contribution in [0.15, 0.2) is 45.9 Å². The van der Waals surface area contributed by atoms with Gasteiger partial charge in [-0.2, -0.15) is 0 Å². The molecular formula is C22H16ClN5S. The molecule has 0 saturated heterocycles. The molecule has 0 unspecified atom stereocenters. The first-order valence-corrected chi connectivity index (χ1v) is 10.4. The van der Waals surface area contributed by atoms with Crippen LogP contribution in [0.3, 0.4) is 0 Å². The monoisotopic (exact) mass is 417 g/mol. The molecule has 0 bridgehead atoms. The number of halogens is 1. The molecule has 0 saturated carbocycles. The number of benzene rings is 1. The lowest BCUT2D eigenvalue weighted by atomic mass is 10.00. The zero-order chi connectivity index (χ0) is 20.0. The number of nitrogens with zero attached hydrogens (tertiary/aromatic N) is 5. The summed E-state index contributed by atoms with van der Waals surface area (Å²) in [6.07, 6.45) is 3.85. The number of rotatable bonds is 1. The Kier molecular flexibility index (Phi) is 4.42. The molecular weight excluding hydrogens is 402 g/mol. The molecule has 7 heteroatoms. The second-order valence-corrected chi connectivity index (χ2v) is 8.25. The highest BCUT2D eigenvalue weighted by molar-refractivity contribution is 7.15. The molecule has 29 heavy (non-hydrogen) atoms. The Morgan fingerprint density at radius 1 is 1.10 bits per heavy atom.